The van der Waals surface area contributed by atoms with Crippen LogP contribution >= 0.6 is 0 Å². The zero-order valence-corrected chi connectivity index (χ0v) is 18.1. The highest BCUT2D eigenvalue weighted by Gasteiger charge is 2.23. The number of esters is 1. The second-order valence-corrected chi connectivity index (χ2v) is 7.91. The molecule has 4 rings (SSSR count). The summed E-state index contributed by atoms with van der Waals surface area (Å²) in [5.74, 6) is 0.694. The first-order valence-electron chi connectivity index (χ1n) is 11.1. The molecule has 8 heteroatoms. The van der Waals surface area contributed by atoms with Crippen LogP contribution < -0.4 is 15.1 Å². The summed E-state index contributed by atoms with van der Waals surface area (Å²) in [5.41, 5.74) is 3.15. The first kappa shape index (κ1) is 21.4. The minimum Gasteiger partial charge on any atom is -0.466 e. The summed E-state index contributed by atoms with van der Waals surface area (Å²) in [4.78, 5) is 25.5. The number of aromatic nitrogens is 2. The third kappa shape index (κ3) is 5.64. The number of carbonyl (C=O) groups is 1. The molecule has 2 aromatic heterocycles. The number of hydrogen-bond acceptors (Lipinski definition) is 8. The van der Waals surface area contributed by atoms with Gasteiger partial charge in [0.2, 0.25) is 0 Å². The summed E-state index contributed by atoms with van der Waals surface area (Å²) in [6, 6.07) is 6.37. The molecular weight excluding hydrogens is 394 g/mol. The fourth-order valence-electron chi connectivity index (χ4n) is 4.26. The molecule has 8 nitrogen and oxygen atoms in total. The highest BCUT2D eigenvalue weighted by molar-refractivity contribution is 5.75. The van der Waals surface area contributed by atoms with E-state index in [-0.39, 0.29) is 18.4 Å². The third-order valence-corrected chi connectivity index (χ3v) is 5.76. The van der Waals surface area contributed by atoms with Gasteiger partial charge in [-0.25, -0.2) is 4.98 Å². The van der Waals surface area contributed by atoms with E-state index in [2.05, 4.69) is 37.2 Å². The molecule has 1 atom stereocenters. The van der Waals surface area contributed by atoms with E-state index >= 15 is 0 Å². The molecule has 0 radical (unpaired) electrons. The van der Waals surface area contributed by atoms with Crippen LogP contribution in [-0.4, -0.2) is 68.0 Å². The van der Waals surface area contributed by atoms with Gasteiger partial charge >= 0.3 is 5.97 Å². The number of morpholine rings is 1. The number of piperidine rings is 1. The Hall–Kier alpha value is -2.87. The Bertz CT molecular complexity index is 872. The first-order valence-corrected chi connectivity index (χ1v) is 11.1. The number of anilines is 3. The van der Waals surface area contributed by atoms with E-state index < -0.39 is 0 Å². The minimum absolute atomic E-state index is 0.203. The van der Waals surface area contributed by atoms with Crippen LogP contribution in [-0.2, 0) is 20.7 Å². The molecule has 0 saturated carbocycles. The summed E-state index contributed by atoms with van der Waals surface area (Å²) >= 11 is 0. The van der Waals surface area contributed by atoms with E-state index in [0.29, 0.717) is 6.61 Å². The Kier molecular flexibility index (Phi) is 7.19. The maximum Gasteiger partial charge on any atom is 0.310 e. The molecule has 0 aromatic carbocycles. The van der Waals surface area contributed by atoms with Crippen molar-refractivity contribution in [1.82, 2.24) is 9.97 Å². The number of ether oxygens (including phenoxy) is 2. The van der Waals surface area contributed by atoms with Crippen molar-refractivity contribution in [3.63, 3.8) is 0 Å². The van der Waals surface area contributed by atoms with E-state index in [0.717, 1.165) is 69.3 Å². The smallest absolute Gasteiger partial charge is 0.310 e. The van der Waals surface area contributed by atoms with Gasteiger partial charge in [0.25, 0.3) is 0 Å². The standard InChI is InChI=1S/C23H31N5O3/c1-2-31-23(29)14-18-5-7-24-16-21(18)28-9-3-4-19(17-28)26-22-15-20(6-8-25-22)27-10-12-30-13-11-27/h5-8,15-16,19H,2-4,9-14,17H2,1H3,(H,25,26)/t19-/m1/s1. The first-order chi connectivity index (χ1) is 15.2. The molecule has 166 valence electrons. The zero-order valence-electron chi connectivity index (χ0n) is 18.1. The van der Waals surface area contributed by atoms with Crippen LogP contribution in [0.15, 0.2) is 36.8 Å². The molecule has 4 heterocycles. The Morgan fingerprint density at radius 2 is 2.10 bits per heavy atom. The maximum atomic E-state index is 12.0. The molecule has 2 saturated heterocycles. The highest BCUT2D eigenvalue weighted by Crippen LogP contribution is 2.26. The van der Waals surface area contributed by atoms with Crippen LogP contribution in [0.3, 0.4) is 0 Å². The molecule has 2 aliphatic rings. The normalized spacial score (nSPS) is 19.2. The lowest BCUT2D eigenvalue weighted by molar-refractivity contribution is -0.142. The molecule has 31 heavy (non-hydrogen) atoms. The van der Waals surface area contributed by atoms with Gasteiger partial charge in [0.05, 0.1) is 38.1 Å². The fourth-order valence-corrected chi connectivity index (χ4v) is 4.26. The van der Waals surface area contributed by atoms with Crippen molar-refractivity contribution >= 4 is 23.2 Å². The molecule has 2 aromatic rings. The number of nitrogens with one attached hydrogen (secondary N) is 1. The van der Waals surface area contributed by atoms with Gasteiger partial charge in [0, 0.05) is 56.4 Å². The number of carbonyl (C=O) groups excluding carboxylic acids is 1. The van der Waals surface area contributed by atoms with E-state index in [1.165, 1.54) is 5.69 Å². The SMILES string of the molecule is CCOC(=O)Cc1ccncc1N1CCC[C@@H](Nc2cc(N3CCOCC3)ccn2)C1. The molecule has 1 N–H and O–H groups in total. The number of pyridine rings is 2. The van der Waals surface area contributed by atoms with Gasteiger partial charge in [-0.1, -0.05) is 0 Å². The third-order valence-electron chi connectivity index (χ3n) is 5.76. The Morgan fingerprint density at radius 1 is 1.23 bits per heavy atom. The average molecular weight is 426 g/mol. The number of nitrogens with zero attached hydrogens (tertiary/aromatic N) is 4. The summed E-state index contributed by atoms with van der Waals surface area (Å²) < 4.78 is 10.6. The van der Waals surface area contributed by atoms with Crippen molar-refractivity contribution in [1.29, 1.82) is 0 Å². The number of hydrogen-bond donors (Lipinski definition) is 1. The van der Waals surface area contributed by atoms with Crippen LogP contribution in [0.2, 0.25) is 0 Å². The zero-order chi connectivity index (χ0) is 21.5. The van der Waals surface area contributed by atoms with Crippen LogP contribution in [0.1, 0.15) is 25.3 Å². The second kappa shape index (κ2) is 10.4. The Balaban J connectivity index is 1.42. The van der Waals surface area contributed by atoms with Crippen molar-refractivity contribution in [2.24, 2.45) is 0 Å². The van der Waals surface area contributed by atoms with Crippen LogP contribution in [0.25, 0.3) is 0 Å². The molecule has 0 unspecified atom stereocenters. The predicted molar refractivity (Wildman–Crippen MR) is 121 cm³/mol. The largest absolute Gasteiger partial charge is 0.466 e. The second-order valence-electron chi connectivity index (χ2n) is 7.91. The average Bonchev–Trinajstić information content (AvgIpc) is 2.80. The van der Waals surface area contributed by atoms with Gasteiger partial charge in [0.1, 0.15) is 5.82 Å². The molecule has 2 aliphatic heterocycles. The van der Waals surface area contributed by atoms with E-state index in [4.69, 9.17) is 9.47 Å². The minimum atomic E-state index is -0.203. The Morgan fingerprint density at radius 3 is 2.94 bits per heavy atom. The van der Waals surface area contributed by atoms with Gasteiger partial charge in [0.15, 0.2) is 0 Å². The topological polar surface area (TPSA) is 79.8 Å². The van der Waals surface area contributed by atoms with Crippen molar-refractivity contribution < 1.29 is 14.3 Å². The lowest BCUT2D eigenvalue weighted by atomic mass is 10.0. The molecule has 2 fully saturated rings. The monoisotopic (exact) mass is 425 g/mol. The summed E-state index contributed by atoms with van der Waals surface area (Å²) in [5, 5.41) is 3.62. The van der Waals surface area contributed by atoms with E-state index in [9.17, 15) is 4.79 Å². The van der Waals surface area contributed by atoms with Crippen LogP contribution in [0.5, 0.6) is 0 Å². The summed E-state index contributed by atoms with van der Waals surface area (Å²) in [6.45, 7) is 7.35. The highest BCUT2D eigenvalue weighted by atomic mass is 16.5. The van der Waals surface area contributed by atoms with Gasteiger partial charge < -0.3 is 24.6 Å². The van der Waals surface area contributed by atoms with Crippen molar-refractivity contribution in [3.8, 4) is 0 Å². The lowest BCUT2D eigenvalue weighted by Crippen LogP contribution is -2.43. The molecular formula is C23H31N5O3. The van der Waals surface area contributed by atoms with Crippen molar-refractivity contribution in [2.75, 3.05) is 61.1 Å². The van der Waals surface area contributed by atoms with E-state index in [1.807, 2.05) is 25.4 Å². The van der Waals surface area contributed by atoms with Crippen molar-refractivity contribution in [3.05, 3.63) is 42.4 Å². The van der Waals surface area contributed by atoms with Gasteiger partial charge in [-0.3, -0.25) is 9.78 Å². The van der Waals surface area contributed by atoms with Gasteiger partial charge in [-0.05, 0) is 37.5 Å². The van der Waals surface area contributed by atoms with Crippen molar-refractivity contribution in [2.45, 2.75) is 32.2 Å². The molecule has 0 amide bonds. The Labute approximate surface area is 183 Å². The number of rotatable bonds is 7. The lowest BCUT2D eigenvalue weighted by Gasteiger charge is -2.36. The summed E-state index contributed by atoms with van der Waals surface area (Å²) in [6.07, 6.45) is 7.87. The quantitative estimate of drug-likeness (QED) is 0.678. The predicted octanol–water partition coefficient (Wildman–Crippen LogP) is 2.50. The van der Waals surface area contributed by atoms with Gasteiger partial charge in [-0.15, -0.1) is 0 Å². The maximum absolute atomic E-state index is 12.0. The fraction of sp³-hybridized carbons (Fsp3) is 0.522. The van der Waals surface area contributed by atoms with Crippen LogP contribution in [0, 0.1) is 0 Å². The molecule has 0 aliphatic carbocycles. The summed E-state index contributed by atoms with van der Waals surface area (Å²) in [7, 11) is 0. The van der Waals surface area contributed by atoms with Crippen LogP contribution in [0.4, 0.5) is 17.2 Å². The molecule has 0 bridgehead atoms. The molecule has 0 spiro atoms. The van der Waals surface area contributed by atoms with Gasteiger partial charge in [-0.2, -0.15) is 0 Å². The van der Waals surface area contributed by atoms with E-state index in [1.54, 1.807) is 6.20 Å².